The summed E-state index contributed by atoms with van der Waals surface area (Å²) in [5.74, 6) is 0.642. The lowest BCUT2D eigenvalue weighted by atomic mass is 10.0. The predicted octanol–water partition coefficient (Wildman–Crippen LogP) is 4.65. The average molecular weight is 385 g/mol. The highest BCUT2D eigenvalue weighted by Gasteiger charge is 2.14. The fourth-order valence-corrected chi connectivity index (χ4v) is 3.54. The second kappa shape index (κ2) is 7.71. The Hall–Kier alpha value is -3.00. The molecule has 1 N–H and O–H groups in total. The van der Waals surface area contributed by atoms with Gasteiger partial charge in [0.2, 0.25) is 0 Å². The molecule has 0 spiro atoms. The van der Waals surface area contributed by atoms with Crippen LogP contribution in [-0.2, 0) is 4.79 Å². The summed E-state index contributed by atoms with van der Waals surface area (Å²) in [6, 6.07) is 10.3. The molecular weight excluding hydrogens is 366 g/mol. The highest BCUT2D eigenvalue weighted by molar-refractivity contribution is 7.22. The third-order valence-electron chi connectivity index (χ3n) is 3.98. The number of hydrogen-bond acceptors (Lipinski definition) is 6. The SMILES string of the molecule is Cc1ccc(C(C)C)c(OCC(=O)Nc2nc3ccc([N+](=O)[O-])cc3s2)c1. The molecule has 0 aliphatic rings. The van der Waals surface area contributed by atoms with Gasteiger partial charge in [-0.2, -0.15) is 0 Å². The zero-order valence-corrected chi connectivity index (χ0v) is 16.0. The maximum absolute atomic E-state index is 12.2. The third-order valence-corrected chi connectivity index (χ3v) is 4.91. The molecular formula is C19H19N3O4S. The van der Waals surface area contributed by atoms with Gasteiger partial charge in [0.25, 0.3) is 11.6 Å². The zero-order valence-electron chi connectivity index (χ0n) is 15.2. The molecule has 7 nitrogen and oxygen atoms in total. The van der Waals surface area contributed by atoms with E-state index >= 15 is 0 Å². The molecule has 0 saturated carbocycles. The number of thiazole rings is 1. The van der Waals surface area contributed by atoms with Crippen LogP contribution < -0.4 is 10.1 Å². The summed E-state index contributed by atoms with van der Waals surface area (Å²) in [6.45, 7) is 5.96. The van der Waals surface area contributed by atoms with Gasteiger partial charge in [-0.3, -0.25) is 20.2 Å². The van der Waals surface area contributed by atoms with E-state index in [0.717, 1.165) is 11.1 Å². The molecule has 3 rings (SSSR count). The average Bonchev–Trinajstić information content (AvgIpc) is 3.00. The number of amides is 1. The van der Waals surface area contributed by atoms with E-state index in [0.29, 0.717) is 21.1 Å². The van der Waals surface area contributed by atoms with E-state index in [1.165, 1.54) is 23.5 Å². The number of carbonyl (C=O) groups is 1. The Bertz CT molecular complexity index is 1010. The van der Waals surface area contributed by atoms with E-state index in [9.17, 15) is 14.9 Å². The van der Waals surface area contributed by atoms with Crippen LogP contribution in [-0.4, -0.2) is 22.4 Å². The molecule has 0 atom stereocenters. The topological polar surface area (TPSA) is 94.4 Å². The van der Waals surface area contributed by atoms with Gasteiger partial charge in [0.05, 0.1) is 15.1 Å². The van der Waals surface area contributed by atoms with E-state index in [2.05, 4.69) is 24.1 Å². The van der Waals surface area contributed by atoms with Crippen LogP contribution in [0.2, 0.25) is 0 Å². The van der Waals surface area contributed by atoms with Crippen LogP contribution in [0, 0.1) is 17.0 Å². The van der Waals surface area contributed by atoms with Gasteiger partial charge >= 0.3 is 0 Å². The van der Waals surface area contributed by atoms with Crippen LogP contribution in [0.3, 0.4) is 0 Å². The molecule has 0 saturated heterocycles. The molecule has 1 amide bonds. The molecule has 0 radical (unpaired) electrons. The number of fused-ring (bicyclic) bond motifs is 1. The normalized spacial score (nSPS) is 11.0. The molecule has 27 heavy (non-hydrogen) atoms. The van der Waals surface area contributed by atoms with Crippen LogP contribution in [0.25, 0.3) is 10.2 Å². The number of nitro benzene ring substituents is 1. The fourth-order valence-electron chi connectivity index (χ4n) is 2.62. The third kappa shape index (κ3) is 4.40. The summed E-state index contributed by atoms with van der Waals surface area (Å²) in [4.78, 5) is 26.9. The van der Waals surface area contributed by atoms with Crippen LogP contribution in [0.1, 0.15) is 30.9 Å². The first-order chi connectivity index (χ1) is 12.8. The quantitative estimate of drug-likeness (QED) is 0.492. The standard InChI is InChI=1S/C19H19N3O4S/c1-11(2)14-6-4-12(3)8-16(14)26-10-18(23)21-19-20-15-7-5-13(22(24)25)9-17(15)27-19/h4-9,11H,10H2,1-3H3,(H,20,21,23). The first-order valence-corrected chi connectivity index (χ1v) is 9.23. The minimum absolute atomic E-state index is 0.00646. The number of rotatable bonds is 6. The number of nitro groups is 1. The van der Waals surface area contributed by atoms with Crippen LogP contribution in [0.15, 0.2) is 36.4 Å². The first kappa shape index (κ1) is 18.8. The van der Waals surface area contributed by atoms with Gasteiger partial charge < -0.3 is 4.74 Å². The van der Waals surface area contributed by atoms with E-state index in [1.807, 2.05) is 25.1 Å². The van der Waals surface area contributed by atoms with Crippen molar-refractivity contribution in [3.05, 3.63) is 57.6 Å². The molecule has 8 heteroatoms. The molecule has 0 fully saturated rings. The van der Waals surface area contributed by atoms with E-state index in [-0.39, 0.29) is 24.1 Å². The number of anilines is 1. The Morgan fingerprint density at radius 1 is 1.30 bits per heavy atom. The Morgan fingerprint density at radius 2 is 2.07 bits per heavy atom. The molecule has 2 aromatic carbocycles. The highest BCUT2D eigenvalue weighted by atomic mass is 32.1. The first-order valence-electron chi connectivity index (χ1n) is 8.41. The second-order valence-corrected chi connectivity index (χ2v) is 7.49. The van der Waals surface area contributed by atoms with Gasteiger partial charge in [-0.15, -0.1) is 0 Å². The van der Waals surface area contributed by atoms with Crippen molar-refractivity contribution in [3.8, 4) is 5.75 Å². The minimum Gasteiger partial charge on any atom is -0.483 e. The predicted molar refractivity (Wildman–Crippen MR) is 106 cm³/mol. The van der Waals surface area contributed by atoms with Crippen LogP contribution in [0.4, 0.5) is 10.8 Å². The van der Waals surface area contributed by atoms with Crippen molar-refractivity contribution in [2.75, 3.05) is 11.9 Å². The number of aromatic nitrogens is 1. The van der Waals surface area contributed by atoms with Crippen molar-refractivity contribution in [1.29, 1.82) is 0 Å². The molecule has 0 aliphatic carbocycles. The summed E-state index contributed by atoms with van der Waals surface area (Å²) < 4.78 is 6.35. The minimum atomic E-state index is -0.459. The van der Waals surface area contributed by atoms with Gasteiger partial charge in [-0.25, -0.2) is 4.98 Å². The lowest BCUT2D eigenvalue weighted by Crippen LogP contribution is -2.20. The van der Waals surface area contributed by atoms with Crippen molar-refractivity contribution >= 4 is 38.3 Å². The lowest BCUT2D eigenvalue weighted by molar-refractivity contribution is -0.384. The van der Waals surface area contributed by atoms with Crippen molar-refractivity contribution < 1.29 is 14.5 Å². The summed E-state index contributed by atoms with van der Waals surface area (Å²) >= 11 is 1.19. The van der Waals surface area contributed by atoms with Gasteiger partial charge in [0.15, 0.2) is 11.7 Å². The van der Waals surface area contributed by atoms with Crippen LogP contribution >= 0.6 is 11.3 Å². The lowest BCUT2D eigenvalue weighted by Gasteiger charge is -2.14. The zero-order chi connectivity index (χ0) is 19.6. The number of aryl methyl sites for hydroxylation is 1. The maximum Gasteiger partial charge on any atom is 0.270 e. The Kier molecular flexibility index (Phi) is 5.36. The smallest absolute Gasteiger partial charge is 0.270 e. The largest absolute Gasteiger partial charge is 0.483 e. The number of ether oxygens (including phenoxy) is 1. The number of non-ortho nitro benzene ring substituents is 1. The van der Waals surface area contributed by atoms with Crippen molar-refractivity contribution in [2.24, 2.45) is 0 Å². The van der Waals surface area contributed by atoms with Crippen LogP contribution in [0.5, 0.6) is 5.75 Å². The summed E-state index contributed by atoms with van der Waals surface area (Å²) in [5.41, 5.74) is 2.69. The van der Waals surface area contributed by atoms with Gasteiger partial charge in [0, 0.05) is 12.1 Å². The van der Waals surface area contributed by atoms with Gasteiger partial charge in [-0.1, -0.05) is 37.3 Å². The summed E-state index contributed by atoms with van der Waals surface area (Å²) in [5, 5.41) is 13.9. The number of carbonyl (C=O) groups excluding carboxylic acids is 1. The van der Waals surface area contributed by atoms with E-state index in [1.54, 1.807) is 6.07 Å². The summed E-state index contributed by atoms with van der Waals surface area (Å²) in [6.07, 6.45) is 0. The van der Waals surface area contributed by atoms with Crippen molar-refractivity contribution in [3.63, 3.8) is 0 Å². The number of hydrogen-bond donors (Lipinski definition) is 1. The monoisotopic (exact) mass is 385 g/mol. The summed E-state index contributed by atoms with van der Waals surface area (Å²) in [7, 11) is 0. The van der Waals surface area contributed by atoms with Gasteiger partial charge in [0.1, 0.15) is 5.75 Å². The Balaban J connectivity index is 1.69. The number of benzene rings is 2. The molecule has 140 valence electrons. The molecule has 1 aromatic heterocycles. The molecule has 3 aromatic rings. The maximum atomic E-state index is 12.2. The number of nitrogens with one attached hydrogen (secondary N) is 1. The van der Waals surface area contributed by atoms with E-state index < -0.39 is 4.92 Å². The second-order valence-electron chi connectivity index (χ2n) is 6.46. The van der Waals surface area contributed by atoms with Gasteiger partial charge in [-0.05, 0) is 36.1 Å². The van der Waals surface area contributed by atoms with E-state index in [4.69, 9.17) is 4.74 Å². The van der Waals surface area contributed by atoms with Crippen molar-refractivity contribution in [2.45, 2.75) is 26.7 Å². The van der Waals surface area contributed by atoms with Crippen molar-refractivity contribution in [1.82, 2.24) is 4.98 Å². The molecule has 0 unspecified atom stereocenters. The fraction of sp³-hybridized carbons (Fsp3) is 0.263. The molecule has 1 heterocycles. The number of nitrogens with zero attached hydrogens (tertiary/aromatic N) is 2. The highest BCUT2D eigenvalue weighted by Crippen LogP contribution is 2.30. The Labute approximate surface area is 160 Å². The molecule has 0 bridgehead atoms. The Morgan fingerprint density at radius 3 is 2.78 bits per heavy atom. The molecule has 0 aliphatic heterocycles.